The van der Waals surface area contributed by atoms with E-state index in [1.807, 2.05) is 6.07 Å². The Kier molecular flexibility index (Phi) is 2.01. The highest BCUT2D eigenvalue weighted by molar-refractivity contribution is 5.28. The van der Waals surface area contributed by atoms with Crippen LogP contribution in [0.15, 0.2) is 24.3 Å². The van der Waals surface area contributed by atoms with Crippen LogP contribution in [0.4, 0.5) is 4.39 Å². The van der Waals surface area contributed by atoms with Gasteiger partial charge in [0.25, 0.3) is 0 Å². The quantitative estimate of drug-likeness (QED) is 0.575. The maximum absolute atomic E-state index is 12.2. The van der Waals surface area contributed by atoms with Crippen LogP contribution < -0.4 is 0 Å². The molecule has 0 saturated heterocycles. The van der Waals surface area contributed by atoms with E-state index in [1.165, 1.54) is 18.6 Å². The van der Waals surface area contributed by atoms with Crippen LogP contribution in [0.1, 0.15) is 5.56 Å². The summed E-state index contributed by atoms with van der Waals surface area (Å²) in [6.45, 7) is 0. The SMILES string of the molecule is N#C[CH]c1ccc(F)cc1. The summed E-state index contributed by atoms with van der Waals surface area (Å²) in [6.07, 6.45) is 1.36. The van der Waals surface area contributed by atoms with E-state index in [-0.39, 0.29) is 5.82 Å². The van der Waals surface area contributed by atoms with E-state index in [9.17, 15) is 4.39 Å². The molecular weight excluding hydrogens is 129 g/mol. The molecule has 0 aliphatic heterocycles. The molecule has 1 nitrogen and oxygen atoms in total. The molecular formula is C8H5FN. The first-order valence-electron chi connectivity index (χ1n) is 2.81. The molecule has 0 aliphatic rings. The average Bonchev–Trinajstić information content (AvgIpc) is 1.95. The summed E-state index contributed by atoms with van der Waals surface area (Å²) in [5.74, 6) is -0.282. The predicted molar refractivity (Wildman–Crippen MR) is 35.4 cm³/mol. The number of rotatable bonds is 1. The smallest absolute Gasteiger partial charge is 0.123 e. The summed E-state index contributed by atoms with van der Waals surface area (Å²) in [5, 5.41) is 8.19. The molecule has 1 aromatic rings. The zero-order valence-corrected chi connectivity index (χ0v) is 5.21. The summed E-state index contributed by atoms with van der Waals surface area (Å²) < 4.78 is 12.2. The van der Waals surface area contributed by atoms with E-state index >= 15 is 0 Å². The Morgan fingerprint density at radius 2 is 1.90 bits per heavy atom. The first kappa shape index (κ1) is 6.76. The van der Waals surface area contributed by atoms with E-state index in [0.717, 1.165) is 5.56 Å². The van der Waals surface area contributed by atoms with Gasteiger partial charge in [0.2, 0.25) is 0 Å². The average molecular weight is 134 g/mol. The van der Waals surface area contributed by atoms with Crippen molar-refractivity contribution in [1.29, 1.82) is 5.26 Å². The van der Waals surface area contributed by atoms with Gasteiger partial charge in [0.1, 0.15) is 5.82 Å². The molecule has 49 valence electrons. The van der Waals surface area contributed by atoms with Gasteiger partial charge >= 0.3 is 0 Å². The number of nitriles is 1. The van der Waals surface area contributed by atoms with E-state index in [0.29, 0.717) is 0 Å². The summed E-state index contributed by atoms with van der Waals surface area (Å²) in [7, 11) is 0. The Morgan fingerprint density at radius 3 is 2.40 bits per heavy atom. The van der Waals surface area contributed by atoms with Crippen molar-refractivity contribution in [2.24, 2.45) is 0 Å². The molecule has 10 heavy (non-hydrogen) atoms. The molecule has 0 spiro atoms. The summed E-state index contributed by atoms with van der Waals surface area (Å²) in [4.78, 5) is 0. The molecule has 1 aromatic carbocycles. The molecule has 0 N–H and O–H groups in total. The van der Waals surface area contributed by atoms with Gasteiger partial charge in [0.15, 0.2) is 0 Å². The topological polar surface area (TPSA) is 23.8 Å². The molecule has 0 aromatic heterocycles. The van der Waals surface area contributed by atoms with Crippen molar-refractivity contribution in [2.75, 3.05) is 0 Å². The molecule has 0 heterocycles. The molecule has 0 saturated carbocycles. The Labute approximate surface area is 58.7 Å². The van der Waals surface area contributed by atoms with Gasteiger partial charge in [0, 0.05) is 0 Å². The maximum Gasteiger partial charge on any atom is 0.123 e. The predicted octanol–water partition coefficient (Wildman–Crippen LogP) is 1.90. The second kappa shape index (κ2) is 2.98. The third kappa shape index (κ3) is 1.56. The highest BCUT2D eigenvalue weighted by atomic mass is 19.1. The second-order valence-corrected chi connectivity index (χ2v) is 1.82. The van der Waals surface area contributed by atoms with Crippen molar-refractivity contribution < 1.29 is 4.39 Å². The first-order valence-corrected chi connectivity index (χ1v) is 2.81. The van der Waals surface area contributed by atoms with Crippen LogP contribution in [-0.2, 0) is 0 Å². The van der Waals surface area contributed by atoms with Crippen molar-refractivity contribution in [3.05, 3.63) is 42.1 Å². The van der Waals surface area contributed by atoms with Crippen LogP contribution >= 0.6 is 0 Å². The van der Waals surface area contributed by atoms with Crippen LogP contribution in [0, 0.1) is 23.6 Å². The fourth-order valence-corrected chi connectivity index (χ4v) is 0.634. The molecule has 0 amide bonds. The van der Waals surface area contributed by atoms with Gasteiger partial charge < -0.3 is 0 Å². The van der Waals surface area contributed by atoms with E-state index in [2.05, 4.69) is 0 Å². The van der Waals surface area contributed by atoms with Gasteiger partial charge in [-0.2, -0.15) is 5.26 Å². The van der Waals surface area contributed by atoms with E-state index in [1.54, 1.807) is 12.1 Å². The van der Waals surface area contributed by atoms with Crippen LogP contribution in [0.25, 0.3) is 0 Å². The first-order chi connectivity index (χ1) is 4.83. The van der Waals surface area contributed by atoms with Crippen molar-refractivity contribution in [3.63, 3.8) is 0 Å². The normalized spacial score (nSPS) is 8.80. The molecule has 0 bridgehead atoms. The molecule has 1 rings (SSSR count). The standard InChI is InChI=1S/C8H5FN/c9-8-3-1-7(2-4-8)5-6-10/h1-5H. The highest BCUT2D eigenvalue weighted by Crippen LogP contribution is 2.03. The number of halogens is 1. The van der Waals surface area contributed by atoms with Crippen molar-refractivity contribution >= 4 is 0 Å². The van der Waals surface area contributed by atoms with Gasteiger partial charge in [-0.15, -0.1) is 0 Å². The monoisotopic (exact) mass is 134 g/mol. The Hall–Kier alpha value is -1.36. The lowest BCUT2D eigenvalue weighted by Gasteiger charge is -1.90. The zero-order chi connectivity index (χ0) is 7.40. The molecule has 0 fully saturated rings. The van der Waals surface area contributed by atoms with E-state index in [4.69, 9.17) is 5.26 Å². The summed E-state index contributed by atoms with van der Waals surface area (Å²) in [6, 6.07) is 7.61. The third-order valence-corrected chi connectivity index (χ3v) is 1.10. The molecule has 2 heteroatoms. The van der Waals surface area contributed by atoms with Gasteiger partial charge in [-0.3, -0.25) is 0 Å². The summed E-state index contributed by atoms with van der Waals surface area (Å²) in [5.41, 5.74) is 0.726. The number of hydrogen-bond acceptors (Lipinski definition) is 1. The van der Waals surface area contributed by atoms with E-state index < -0.39 is 0 Å². The Morgan fingerprint density at radius 1 is 1.30 bits per heavy atom. The summed E-state index contributed by atoms with van der Waals surface area (Å²) >= 11 is 0. The molecule has 0 unspecified atom stereocenters. The van der Waals surface area contributed by atoms with Crippen LogP contribution in [0.3, 0.4) is 0 Å². The minimum Gasteiger partial charge on any atom is -0.207 e. The lowest BCUT2D eigenvalue weighted by Crippen LogP contribution is -1.78. The molecule has 0 aliphatic carbocycles. The van der Waals surface area contributed by atoms with Crippen LogP contribution in [0.5, 0.6) is 0 Å². The molecule has 0 atom stereocenters. The fraction of sp³-hybridized carbons (Fsp3) is 0. The fourth-order valence-electron chi connectivity index (χ4n) is 0.634. The largest absolute Gasteiger partial charge is 0.207 e. The lowest BCUT2D eigenvalue weighted by atomic mass is 10.2. The van der Waals surface area contributed by atoms with Crippen molar-refractivity contribution in [2.45, 2.75) is 0 Å². The van der Waals surface area contributed by atoms with Gasteiger partial charge in [0.05, 0.1) is 12.5 Å². The number of hydrogen-bond donors (Lipinski definition) is 0. The lowest BCUT2D eigenvalue weighted by molar-refractivity contribution is 0.627. The van der Waals surface area contributed by atoms with Crippen molar-refractivity contribution in [1.82, 2.24) is 0 Å². The van der Waals surface area contributed by atoms with Crippen molar-refractivity contribution in [3.8, 4) is 6.07 Å². The van der Waals surface area contributed by atoms with Gasteiger partial charge in [-0.05, 0) is 17.7 Å². The third-order valence-electron chi connectivity index (χ3n) is 1.10. The zero-order valence-electron chi connectivity index (χ0n) is 5.21. The van der Waals surface area contributed by atoms with Crippen LogP contribution in [0.2, 0.25) is 0 Å². The Balaban J connectivity index is 2.81. The highest BCUT2D eigenvalue weighted by Gasteiger charge is 1.90. The molecule has 1 radical (unpaired) electrons. The number of benzene rings is 1. The van der Waals surface area contributed by atoms with Gasteiger partial charge in [-0.25, -0.2) is 4.39 Å². The Bertz CT molecular complexity index is 245. The van der Waals surface area contributed by atoms with Gasteiger partial charge in [-0.1, -0.05) is 12.1 Å². The van der Waals surface area contributed by atoms with Crippen LogP contribution in [-0.4, -0.2) is 0 Å². The maximum atomic E-state index is 12.2. The minimum atomic E-state index is -0.282. The minimum absolute atomic E-state index is 0.282. The second-order valence-electron chi connectivity index (χ2n) is 1.82. The number of nitrogens with zero attached hydrogens (tertiary/aromatic N) is 1.